The summed E-state index contributed by atoms with van der Waals surface area (Å²) >= 11 is 1.32. The van der Waals surface area contributed by atoms with E-state index in [0.717, 1.165) is 24.2 Å². The Labute approximate surface area is 179 Å². The van der Waals surface area contributed by atoms with Crippen molar-refractivity contribution in [2.75, 3.05) is 13.1 Å². The van der Waals surface area contributed by atoms with Crippen LogP contribution in [-0.2, 0) is 17.7 Å². The molecule has 9 heteroatoms. The van der Waals surface area contributed by atoms with Crippen LogP contribution in [0.25, 0.3) is 10.2 Å². The van der Waals surface area contributed by atoms with Crippen LogP contribution < -0.4 is 10.9 Å². The molecule has 0 atom stereocenters. The third kappa shape index (κ3) is 3.95. The first kappa shape index (κ1) is 20.8. The highest BCUT2D eigenvalue weighted by molar-refractivity contribution is 7.20. The Morgan fingerprint density at radius 1 is 1.20 bits per heavy atom. The van der Waals surface area contributed by atoms with Gasteiger partial charge < -0.3 is 15.0 Å². The number of aryl methyl sites for hydroxylation is 2. The van der Waals surface area contributed by atoms with Crippen molar-refractivity contribution in [3.05, 3.63) is 26.6 Å². The number of rotatable bonds is 2. The molecule has 0 unspecified atom stereocenters. The summed E-state index contributed by atoms with van der Waals surface area (Å²) in [6.07, 6.45) is 2.67. The average Bonchev–Trinajstić information content (AvgIpc) is 3.25. The number of hydrogen-bond donors (Lipinski definition) is 1. The zero-order valence-corrected chi connectivity index (χ0v) is 18.7. The van der Waals surface area contributed by atoms with Crippen molar-refractivity contribution >= 4 is 33.6 Å². The second-order valence-corrected chi connectivity index (χ2v) is 10.0. The van der Waals surface area contributed by atoms with Crippen LogP contribution in [0.15, 0.2) is 4.79 Å². The van der Waals surface area contributed by atoms with Gasteiger partial charge in [0.2, 0.25) is 0 Å². The molecule has 4 rings (SSSR count). The normalized spacial score (nSPS) is 17.3. The smallest absolute Gasteiger partial charge is 0.407 e. The molecule has 0 saturated carbocycles. The van der Waals surface area contributed by atoms with Crippen LogP contribution in [0.3, 0.4) is 0 Å². The Bertz CT molecular complexity index is 1060. The number of carbonyl (C=O) groups is 2. The van der Waals surface area contributed by atoms with Crippen molar-refractivity contribution < 1.29 is 14.3 Å². The van der Waals surface area contributed by atoms with E-state index in [0.29, 0.717) is 47.6 Å². The van der Waals surface area contributed by atoms with E-state index >= 15 is 0 Å². The summed E-state index contributed by atoms with van der Waals surface area (Å²) in [6.45, 7) is 9.14. The van der Waals surface area contributed by atoms with Gasteiger partial charge in [-0.3, -0.25) is 14.2 Å². The van der Waals surface area contributed by atoms with E-state index in [1.165, 1.54) is 11.3 Å². The predicted octanol–water partition coefficient (Wildman–Crippen LogP) is 2.84. The first-order valence-corrected chi connectivity index (χ1v) is 11.3. The largest absolute Gasteiger partial charge is 0.444 e. The lowest BCUT2D eigenvalue weighted by molar-refractivity contribution is 0.0474. The fourth-order valence-corrected chi connectivity index (χ4v) is 5.28. The van der Waals surface area contributed by atoms with Crippen LogP contribution in [-0.4, -0.2) is 51.2 Å². The van der Waals surface area contributed by atoms with Crippen LogP contribution in [0.5, 0.6) is 0 Å². The molecule has 2 aromatic heterocycles. The quantitative estimate of drug-likeness (QED) is 0.788. The number of hydrogen-bond acceptors (Lipinski definition) is 6. The highest BCUT2D eigenvalue weighted by atomic mass is 32.1. The van der Waals surface area contributed by atoms with Gasteiger partial charge in [0.15, 0.2) is 0 Å². The summed E-state index contributed by atoms with van der Waals surface area (Å²) in [5.41, 5.74) is 0.168. The highest BCUT2D eigenvalue weighted by Gasteiger charge is 2.29. The molecule has 0 bridgehead atoms. The van der Waals surface area contributed by atoms with E-state index < -0.39 is 11.7 Å². The molecule has 0 spiro atoms. The second kappa shape index (κ2) is 7.68. The van der Waals surface area contributed by atoms with E-state index in [2.05, 4.69) is 10.3 Å². The van der Waals surface area contributed by atoms with Gasteiger partial charge in [0.25, 0.3) is 11.5 Å². The SMILES string of the molecule is Cc1c(C(=O)N2CCC(NC(=O)OC(C)(C)C)CC2)sc2nc3n(c(=O)c12)CCC3. The molecule has 1 saturated heterocycles. The monoisotopic (exact) mass is 432 g/mol. The number of alkyl carbamates (subject to hydrolysis) is 1. The van der Waals surface area contributed by atoms with E-state index in [4.69, 9.17) is 4.74 Å². The lowest BCUT2D eigenvalue weighted by Gasteiger charge is -2.32. The van der Waals surface area contributed by atoms with Gasteiger partial charge in [0, 0.05) is 32.1 Å². The van der Waals surface area contributed by atoms with E-state index in [-0.39, 0.29) is 17.5 Å². The van der Waals surface area contributed by atoms with Crippen molar-refractivity contribution in [3.63, 3.8) is 0 Å². The number of aromatic nitrogens is 2. The summed E-state index contributed by atoms with van der Waals surface area (Å²) < 4.78 is 7.05. The Morgan fingerprint density at radius 2 is 1.90 bits per heavy atom. The summed E-state index contributed by atoms with van der Waals surface area (Å²) in [5, 5.41) is 3.47. The number of nitrogens with one attached hydrogen (secondary N) is 1. The van der Waals surface area contributed by atoms with Crippen LogP contribution in [0, 0.1) is 6.92 Å². The first-order chi connectivity index (χ1) is 14.1. The number of fused-ring (bicyclic) bond motifs is 2. The number of ether oxygens (including phenoxy) is 1. The molecule has 30 heavy (non-hydrogen) atoms. The van der Waals surface area contributed by atoms with Crippen LogP contribution in [0.2, 0.25) is 0 Å². The van der Waals surface area contributed by atoms with Crippen molar-refractivity contribution in [3.8, 4) is 0 Å². The van der Waals surface area contributed by atoms with Crippen molar-refractivity contribution in [2.24, 2.45) is 0 Å². The number of amides is 2. The molecule has 4 heterocycles. The number of thiophene rings is 1. The lowest BCUT2D eigenvalue weighted by atomic mass is 10.0. The predicted molar refractivity (Wildman–Crippen MR) is 115 cm³/mol. The molecular formula is C21H28N4O4S. The maximum absolute atomic E-state index is 13.2. The molecule has 1 fully saturated rings. The maximum Gasteiger partial charge on any atom is 0.407 e. The third-order valence-electron chi connectivity index (χ3n) is 5.61. The standard InChI is InChI=1S/C21H28N4O4S/c1-12-15-17(23-14-6-5-9-25(14)18(15)26)30-16(12)19(27)24-10-7-13(8-11-24)22-20(28)29-21(2,3)4/h13H,5-11H2,1-4H3,(H,22,28). The lowest BCUT2D eigenvalue weighted by Crippen LogP contribution is -2.47. The van der Waals surface area contributed by atoms with E-state index in [9.17, 15) is 14.4 Å². The Balaban J connectivity index is 1.45. The van der Waals surface area contributed by atoms with Gasteiger partial charge in [-0.2, -0.15) is 0 Å². The Kier molecular flexibility index (Phi) is 5.34. The molecule has 8 nitrogen and oxygen atoms in total. The summed E-state index contributed by atoms with van der Waals surface area (Å²) in [6, 6.07) is -0.0123. The van der Waals surface area contributed by atoms with Gasteiger partial charge >= 0.3 is 6.09 Å². The molecule has 0 aromatic carbocycles. The van der Waals surface area contributed by atoms with E-state index in [1.807, 2.05) is 27.7 Å². The molecule has 2 aliphatic heterocycles. The minimum absolute atomic E-state index is 0.0123. The van der Waals surface area contributed by atoms with Crippen LogP contribution in [0.4, 0.5) is 4.79 Å². The van der Waals surface area contributed by atoms with Crippen molar-refractivity contribution in [1.29, 1.82) is 0 Å². The van der Waals surface area contributed by atoms with Crippen molar-refractivity contribution in [2.45, 2.75) is 71.6 Å². The van der Waals surface area contributed by atoms with Gasteiger partial charge in [0.1, 0.15) is 16.3 Å². The second-order valence-electron chi connectivity index (χ2n) is 9.04. The topological polar surface area (TPSA) is 93.5 Å². The molecule has 0 radical (unpaired) electrons. The Morgan fingerprint density at radius 3 is 2.57 bits per heavy atom. The van der Waals surface area contributed by atoms with Gasteiger partial charge in [0.05, 0.1) is 10.3 Å². The minimum atomic E-state index is -0.535. The number of nitrogens with zero attached hydrogens (tertiary/aromatic N) is 3. The zero-order chi connectivity index (χ0) is 21.6. The van der Waals surface area contributed by atoms with Crippen molar-refractivity contribution in [1.82, 2.24) is 19.8 Å². The van der Waals surface area contributed by atoms with Gasteiger partial charge in [-0.1, -0.05) is 0 Å². The molecule has 162 valence electrons. The molecule has 2 aliphatic rings. The zero-order valence-electron chi connectivity index (χ0n) is 17.9. The molecule has 0 aliphatic carbocycles. The fourth-order valence-electron chi connectivity index (χ4n) is 4.12. The van der Waals surface area contributed by atoms with Gasteiger partial charge in [-0.05, 0) is 52.5 Å². The van der Waals surface area contributed by atoms with Gasteiger partial charge in [-0.25, -0.2) is 9.78 Å². The summed E-state index contributed by atoms with van der Waals surface area (Å²) in [5.74, 6) is 0.762. The summed E-state index contributed by atoms with van der Waals surface area (Å²) in [4.78, 5) is 45.7. The molecule has 1 N–H and O–H groups in total. The molecule has 2 amide bonds. The maximum atomic E-state index is 13.2. The number of carbonyl (C=O) groups excluding carboxylic acids is 2. The highest BCUT2D eigenvalue weighted by Crippen LogP contribution is 2.30. The molecular weight excluding hydrogens is 404 g/mol. The van der Waals surface area contributed by atoms with E-state index in [1.54, 1.807) is 9.47 Å². The number of likely N-dealkylation sites (tertiary alicyclic amines) is 1. The third-order valence-corrected chi connectivity index (χ3v) is 6.78. The van der Waals surface area contributed by atoms with Crippen LogP contribution >= 0.6 is 11.3 Å². The fraction of sp³-hybridized carbons (Fsp3) is 0.619. The number of piperidine rings is 1. The Hall–Kier alpha value is -2.42. The van der Waals surface area contributed by atoms with Crippen LogP contribution in [0.1, 0.15) is 61.1 Å². The average molecular weight is 433 g/mol. The first-order valence-electron chi connectivity index (χ1n) is 10.5. The summed E-state index contributed by atoms with van der Waals surface area (Å²) in [7, 11) is 0. The van der Waals surface area contributed by atoms with Gasteiger partial charge in [-0.15, -0.1) is 11.3 Å². The molecule has 2 aromatic rings. The minimum Gasteiger partial charge on any atom is -0.444 e.